The van der Waals surface area contributed by atoms with Crippen molar-refractivity contribution in [3.05, 3.63) is 107 Å². The smallest absolute Gasteiger partial charge is 0.123 e. The highest BCUT2D eigenvalue weighted by atomic mass is 35.5. The summed E-state index contributed by atoms with van der Waals surface area (Å²) in [5, 5.41) is 13.6. The lowest BCUT2D eigenvalue weighted by atomic mass is 10.1. The molecule has 1 N–H and O–H groups in total. The van der Waals surface area contributed by atoms with Gasteiger partial charge in [-0.15, -0.1) is 0 Å². The highest BCUT2D eigenvalue weighted by molar-refractivity contribution is 6.30. The van der Waals surface area contributed by atoms with Crippen molar-refractivity contribution in [1.82, 2.24) is 20.3 Å². The Balaban J connectivity index is 1.47. The van der Waals surface area contributed by atoms with Crippen LogP contribution in [0.5, 0.6) is 0 Å². The van der Waals surface area contributed by atoms with Gasteiger partial charge in [0, 0.05) is 17.1 Å². The highest BCUT2D eigenvalue weighted by Gasteiger charge is 2.13. The lowest BCUT2D eigenvalue weighted by molar-refractivity contribution is 0.576. The van der Waals surface area contributed by atoms with E-state index in [4.69, 9.17) is 21.8 Å². The highest BCUT2D eigenvalue weighted by Crippen LogP contribution is 2.21. The van der Waals surface area contributed by atoms with E-state index >= 15 is 0 Å². The molecule has 4 aromatic rings. The number of nitrogens with one attached hydrogen (secondary N) is 1. The molecule has 0 saturated carbocycles. The van der Waals surface area contributed by atoms with Crippen molar-refractivity contribution in [3.63, 3.8) is 0 Å². The van der Waals surface area contributed by atoms with E-state index in [1.165, 1.54) is 12.1 Å². The maximum Gasteiger partial charge on any atom is 0.123 e. The van der Waals surface area contributed by atoms with Crippen molar-refractivity contribution < 1.29 is 4.39 Å². The molecule has 3 aromatic carbocycles. The first-order valence-electron chi connectivity index (χ1n) is 9.86. The Morgan fingerprint density at radius 3 is 2.43 bits per heavy atom. The lowest BCUT2D eigenvalue weighted by Crippen LogP contribution is -2.17. The minimum atomic E-state index is -0.212. The second-order valence-electron chi connectivity index (χ2n) is 7.07. The Kier molecular flexibility index (Phi) is 6.52. The standard InChI is InChI=1S/C24H22ClFN4/c25-21-8-4-5-19(15-21)17-30-28-23(24(29-30)20-6-2-1-3-7-20)16-27-14-13-18-9-11-22(26)12-10-18/h1-12,15,27H,13-14,16-17H2. The van der Waals surface area contributed by atoms with Gasteiger partial charge in [0.25, 0.3) is 0 Å². The van der Waals surface area contributed by atoms with E-state index in [1.54, 1.807) is 4.80 Å². The first kappa shape index (κ1) is 20.3. The molecule has 0 amide bonds. The molecule has 0 unspecified atom stereocenters. The monoisotopic (exact) mass is 420 g/mol. The molecule has 1 aromatic heterocycles. The average Bonchev–Trinajstić information content (AvgIpc) is 3.15. The third-order valence-corrected chi connectivity index (χ3v) is 5.02. The van der Waals surface area contributed by atoms with Crippen LogP contribution >= 0.6 is 11.6 Å². The number of hydrogen-bond acceptors (Lipinski definition) is 3. The fourth-order valence-corrected chi connectivity index (χ4v) is 3.49. The lowest BCUT2D eigenvalue weighted by Gasteiger charge is -2.05. The van der Waals surface area contributed by atoms with Crippen molar-refractivity contribution in [3.8, 4) is 11.3 Å². The molecule has 6 heteroatoms. The van der Waals surface area contributed by atoms with Crippen molar-refractivity contribution in [2.45, 2.75) is 19.5 Å². The largest absolute Gasteiger partial charge is 0.311 e. The molecule has 0 radical (unpaired) electrons. The molecule has 0 aliphatic rings. The van der Waals surface area contributed by atoms with E-state index in [9.17, 15) is 4.39 Å². The SMILES string of the molecule is Fc1ccc(CCNCc2nn(Cc3cccc(Cl)c3)nc2-c2ccccc2)cc1. The summed E-state index contributed by atoms with van der Waals surface area (Å²) in [6.45, 7) is 1.91. The van der Waals surface area contributed by atoms with E-state index in [1.807, 2.05) is 66.7 Å². The van der Waals surface area contributed by atoms with Gasteiger partial charge in [0.05, 0.1) is 6.54 Å². The van der Waals surface area contributed by atoms with Gasteiger partial charge in [0.15, 0.2) is 0 Å². The van der Waals surface area contributed by atoms with Gasteiger partial charge in [-0.05, 0) is 48.4 Å². The fraction of sp³-hybridized carbons (Fsp3) is 0.167. The van der Waals surface area contributed by atoms with Crippen LogP contribution in [0.4, 0.5) is 4.39 Å². The summed E-state index contributed by atoms with van der Waals surface area (Å²) < 4.78 is 13.0. The second-order valence-corrected chi connectivity index (χ2v) is 7.51. The number of nitrogens with zero attached hydrogens (tertiary/aromatic N) is 3. The van der Waals surface area contributed by atoms with E-state index in [0.29, 0.717) is 18.1 Å². The van der Waals surface area contributed by atoms with Crippen molar-refractivity contribution in [2.24, 2.45) is 0 Å². The topological polar surface area (TPSA) is 42.7 Å². The molecule has 0 saturated heterocycles. The second kappa shape index (κ2) is 9.65. The molecule has 1 heterocycles. The summed E-state index contributed by atoms with van der Waals surface area (Å²) in [5.74, 6) is -0.212. The van der Waals surface area contributed by atoms with Crippen LogP contribution in [0.1, 0.15) is 16.8 Å². The molecule has 0 fully saturated rings. The first-order chi connectivity index (χ1) is 14.7. The molecule has 0 aliphatic carbocycles. The van der Waals surface area contributed by atoms with Gasteiger partial charge in [0.1, 0.15) is 17.2 Å². The zero-order valence-corrected chi connectivity index (χ0v) is 17.2. The molecule has 0 atom stereocenters. The number of aromatic nitrogens is 3. The van der Waals surface area contributed by atoms with Crippen molar-refractivity contribution >= 4 is 11.6 Å². The number of rotatable bonds is 8. The van der Waals surface area contributed by atoms with Gasteiger partial charge < -0.3 is 5.32 Å². The number of halogens is 2. The van der Waals surface area contributed by atoms with Crippen LogP contribution in [-0.2, 0) is 19.5 Å². The van der Waals surface area contributed by atoms with E-state index in [-0.39, 0.29) is 5.82 Å². The van der Waals surface area contributed by atoms with E-state index in [2.05, 4.69) is 5.32 Å². The maximum atomic E-state index is 13.0. The van der Waals surface area contributed by atoms with Crippen LogP contribution in [0.2, 0.25) is 5.02 Å². The normalized spacial score (nSPS) is 11.0. The van der Waals surface area contributed by atoms with Crippen LogP contribution in [-0.4, -0.2) is 21.5 Å². The van der Waals surface area contributed by atoms with Gasteiger partial charge in [-0.3, -0.25) is 0 Å². The Hall–Kier alpha value is -3.02. The van der Waals surface area contributed by atoms with Gasteiger partial charge in [-0.25, -0.2) is 4.39 Å². The van der Waals surface area contributed by atoms with E-state index in [0.717, 1.165) is 41.0 Å². The Labute approximate surface area is 180 Å². The van der Waals surface area contributed by atoms with Crippen LogP contribution in [0, 0.1) is 5.82 Å². The van der Waals surface area contributed by atoms with Crippen molar-refractivity contribution in [2.75, 3.05) is 6.54 Å². The Bertz CT molecular complexity index is 1090. The van der Waals surface area contributed by atoms with Gasteiger partial charge in [-0.1, -0.05) is 66.2 Å². The molecule has 4 rings (SSSR count). The van der Waals surface area contributed by atoms with Crippen LogP contribution in [0.15, 0.2) is 78.9 Å². The summed E-state index contributed by atoms with van der Waals surface area (Å²) in [4.78, 5) is 1.71. The zero-order valence-electron chi connectivity index (χ0n) is 16.4. The van der Waals surface area contributed by atoms with Crippen LogP contribution in [0.3, 0.4) is 0 Å². The average molecular weight is 421 g/mol. The summed E-state index contributed by atoms with van der Waals surface area (Å²) in [7, 11) is 0. The van der Waals surface area contributed by atoms with Gasteiger partial charge in [-0.2, -0.15) is 15.0 Å². The molecule has 152 valence electrons. The van der Waals surface area contributed by atoms with Crippen molar-refractivity contribution in [1.29, 1.82) is 0 Å². The predicted molar refractivity (Wildman–Crippen MR) is 118 cm³/mol. The first-order valence-corrected chi connectivity index (χ1v) is 10.2. The maximum absolute atomic E-state index is 13.0. The van der Waals surface area contributed by atoms with Gasteiger partial charge in [0.2, 0.25) is 0 Å². The molecule has 0 bridgehead atoms. The summed E-state index contributed by atoms with van der Waals surface area (Å²) in [6, 6.07) is 24.4. The Morgan fingerprint density at radius 1 is 0.867 bits per heavy atom. The zero-order chi connectivity index (χ0) is 20.8. The third kappa shape index (κ3) is 5.32. The van der Waals surface area contributed by atoms with Gasteiger partial charge >= 0.3 is 0 Å². The molecule has 4 nitrogen and oxygen atoms in total. The fourth-order valence-electron chi connectivity index (χ4n) is 3.28. The quantitative estimate of drug-likeness (QED) is 0.402. The third-order valence-electron chi connectivity index (χ3n) is 4.78. The van der Waals surface area contributed by atoms with Crippen LogP contribution in [0.25, 0.3) is 11.3 Å². The molecular weight excluding hydrogens is 399 g/mol. The molecular formula is C24H22ClFN4. The summed E-state index contributed by atoms with van der Waals surface area (Å²) in [5.41, 5.74) is 4.93. The number of hydrogen-bond donors (Lipinski definition) is 1. The molecule has 0 spiro atoms. The number of benzene rings is 3. The Morgan fingerprint density at radius 2 is 1.67 bits per heavy atom. The van der Waals surface area contributed by atoms with Crippen LogP contribution < -0.4 is 5.32 Å². The minimum absolute atomic E-state index is 0.212. The molecule has 0 aliphatic heterocycles. The summed E-state index contributed by atoms with van der Waals surface area (Å²) in [6.07, 6.45) is 0.817. The predicted octanol–water partition coefficient (Wildman–Crippen LogP) is 5.12. The summed E-state index contributed by atoms with van der Waals surface area (Å²) >= 11 is 6.11. The molecule has 30 heavy (non-hydrogen) atoms. The van der Waals surface area contributed by atoms with E-state index < -0.39 is 0 Å². The minimum Gasteiger partial charge on any atom is -0.311 e.